The molecule has 2 rings (SSSR count). The fourth-order valence-electron chi connectivity index (χ4n) is 2.36. The molecule has 1 aromatic carbocycles. The van der Waals surface area contributed by atoms with Crippen molar-refractivity contribution in [3.8, 4) is 11.8 Å². The second-order valence-corrected chi connectivity index (χ2v) is 5.42. The van der Waals surface area contributed by atoms with Crippen LogP contribution in [-0.4, -0.2) is 16.6 Å². The quantitative estimate of drug-likeness (QED) is 0.772. The molecule has 0 aliphatic heterocycles. The van der Waals surface area contributed by atoms with Gasteiger partial charge in [-0.15, -0.1) is 0 Å². The molecule has 4 heteroatoms. The average molecular weight is 278 g/mol. The molecular formula is C15H16ClNO2. The molecule has 3 N–H and O–H groups in total. The molecule has 1 fully saturated rings. The van der Waals surface area contributed by atoms with Crippen molar-refractivity contribution in [1.29, 1.82) is 0 Å². The molecule has 1 aliphatic carbocycles. The van der Waals surface area contributed by atoms with Crippen molar-refractivity contribution >= 4 is 17.5 Å². The molecule has 0 aromatic heterocycles. The summed E-state index contributed by atoms with van der Waals surface area (Å²) in [4.78, 5) is 11.2. The van der Waals surface area contributed by atoms with Gasteiger partial charge in [-0.1, -0.05) is 29.5 Å². The maximum atomic E-state index is 11.2. The highest BCUT2D eigenvalue weighted by atomic mass is 35.5. The predicted octanol–water partition coefficient (Wildman–Crippen LogP) is 2.10. The maximum Gasteiger partial charge on any atom is 0.220 e. The first kappa shape index (κ1) is 13.9. The SMILES string of the molecule is NC(=O)[C@@H]1CCC[C@](O)(C#Cc2cccc(Cl)c2)C1. The zero-order valence-corrected chi connectivity index (χ0v) is 11.3. The van der Waals surface area contributed by atoms with Gasteiger partial charge in [-0.2, -0.15) is 0 Å². The second-order valence-electron chi connectivity index (χ2n) is 4.99. The van der Waals surface area contributed by atoms with E-state index in [1.165, 1.54) is 0 Å². The predicted molar refractivity (Wildman–Crippen MR) is 74.4 cm³/mol. The molecule has 1 saturated carbocycles. The number of primary amides is 1. The summed E-state index contributed by atoms with van der Waals surface area (Å²) < 4.78 is 0. The first-order valence-electron chi connectivity index (χ1n) is 6.29. The summed E-state index contributed by atoms with van der Waals surface area (Å²) >= 11 is 5.87. The molecule has 1 aliphatic rings. The number of aliphatic hydroxyl groups is 1. The molecule has 0 saturated heterocycles. The topological polar surface area (TPSA) is 63.3 Å². The average Bonchev–Trinajstić information content (AvgIpc) is 2.37. The minimum Gasteiger partial charge on any atom is -0.378 e. The van der Waals surface area contributed by atoms with Gasteiger partial charge < -0.3 is 10.8 Å². The first-order valence-corrected chi connectivity index (χ1v) is 6.67. The zero-order valence-electron chi connectivity index (χ0n) is 10.5. The van der Waals surface area contributed by atoms with Crippen molar-refractivity contribution in [2.24, 2.45) is 11.7 Å². The van der Waals surface area contributed by atoms with Crippen LogP contribution in [0.3, 0.4) is 0 Å². The first-order chi connectivity index (χ1) is 8.98. The Morgan fingerprint density at radius 2 is 2.32 bits per heavy atom. The number of hydrogen-bond acceptors (Lipinski definition) is 2. The lowest BCUT2D eigenvalue weighted by Gasteiger charge is -2.31. The van der Waals surface area contributed by atoms with Crippen LogP contribution in [0.5, 0.6) is 0 Å². The fourth-order valence-corrected chi connectivity index (χ4v) is 2.55. The summed E-state index contributed by atoms with van der Waals surface area (Å²) in [6.45, 7) is 0. The Balaban J connectivity index is 2.15. The summed E-state index contributed by atoms with van der Waals surface area (Å²) in [7, 11) is 0. The van der Waals surface area contributed by atoms with Crippen molar-refractivity contribution in [3.63, 3.8) is 0 Å². The molecule has 19 heavy (non-hydrogen) atoms. The fraction of sp³-hybridized carbons (Fsp3) is 0.400. The van der Waals surface area contributed by atoms with Gasteiger partial charge in [-0.25, -0.2) is 0 Å². The molecule has 0 radical (unpaired) electrons. The molecule has 0 spiro atoms. The van der Waals surface area contributed by atoms with E-state index in [-0.39, 0.29) is 11.8 Å². The molecule has 2 atom stereocenters. The Morgan fingerprint density at radius 3 is 3.00 bits per heavy atom. The van der Waals surface area contributed by atoms with Crippen LogP contribution >= 0.6 is 11.6 Å². The van der Waals surface area contributed by atoms with Crippen molar-refractivity contribution < 1.29 is 9.90 Å². The van der Waals surface area contributed by atoms with Crippen molar-refractivity contribution in [1.82, 2.24) is 0 Å². The summed E-state index contributed by atoms with van der Waals surface area (Å²) in [5.41, 5.74) is 4.93. The third-order valence-corrected chi connectivity index (χ3v) is 3.63. The second kappa shape index (κ2) is 5.64. The van der Waals surface area contributed by atoms with Crippen LogP contribution in [0, 0.1) is 17.8 Å². The summed E-state index contributed by atoms with van der Waals surface area (Å²) in [5.74, 6) is 5.14. The van der Waals surface area contributed by atoms with Gasteiger partial charge in [0, 0.05) is 16.5 Å². The number of benzene rings is 1. The van der Waals surface area contributed by atoms with Crippen LogP contribution in [0.2, 0.25) is 5.02 Å². The molecule has 100 valence electrons. The van der Waals surface area contributed by atoms with Crippen LogP contribution in [0.1, 0.15) is 31.2 Å². The third kappa shape index (κ3) is 3.73. The van der Waals surface area contributed by atoms with Crippen LogP contribution in [0.15, 0.2) is 24.3 Å². The Labute approximate surface area is 117 Å². The van der Waals surface area contributed by atoms with E-state index in [0.717, 1.165) is 18.4 Å². The van der Waals surface area contributed by atoms with Crippen LogP contribution in [0.25, 0.3) is 0 Å². The number of halogens is 1. The van der Waals surface area contributed by atoms with E-state index in [1.54, 1.807) is 12.1 Å². The molecule has 0 unspecified atom stereocenters. The lowest BCUT2D eigenvalue weighted by molar-refractivity contribution is -0.125. The van der Waals surface area contributed by atoms with Crippen LogP contribution in [0.4, 0.5) is 0 Å². The molecular weight excluding hydrogens is 262 g/mol. The van der Waals surface area contributed by atoms with Crippen molar-refractivity contribution in [2.45, 2.75) is 31.3 Å². The van der Waals surface area contributed by atoms with Crippen molar-refractivity contribution in [3.05, 3.63) is 34.9 Å². The van der Waals surface area contributed by atoms with Crippen molar-refractivity contribution in [2.75, 3.05) is 0 Å². The lowest BCUT2D eigenvalue weighted by atomic mass is 9.78. The van der Waals surface area contributed by atoms with Gasteiger partial charge in [0.25, 0.3) is 0 Å². The highest BCUT2D eigenvalue weighted by Crippen LogP contribution is 2.31. The largest absolute Gasteiger partial charge is 0.378 e. The van der Waals surface area contributed by atoms with Gasteiger partial charge in [0.2, 0.25) is 5.91 Å². The number of carbonyl (C=O) groups is 1. The maximum absolute atomic E-state index is 11.2. The van der Waals surface area contributed by atoms with Gasteiger partial charge in [-0.05, 0) is 43.9 Å². The number of carbonyl (C=O) groups excluding carboxylic acids is 1. The van der Waals surface area contributed by atoms with E-state index in [9.17, 15) is 9.90 Å². The Kier molecular flexibility index (Phi) is 4.14. The van der Waals surface area contributed by atoms with E-state index < -0.39 is 5.60 Å². The van der Waals surface area contributed by atoms with Gasteiger partial charge >= 0.3 is 0 Å². The van der Waals surface area contributed by atoms with E-state index in [1.807, 2.05) is 12.1 Å². The molecule has 0 bridgehead atoms. The summed E-state index contributed by atoms with van der Waals surface area (Å²) in [5, 5.41) is 11.0. The number of rotatable bonds is 1. The minimum absolute atomic E-state index is 0.285. The van der Waals surface area contributed by atoms with E-state index in [2.05, 4.69) is 11.8 Å². The summed E-state index contributed by atoms with van der Waals surface area (Å²) in [6, 6.07) is 7.15. The number of amides is 1. The van der Waals surface area contributed by atoms with Crippen LogP contribution < -0.4 is 5.73 Å². The van der Waals surface area contributed by atoms with Gasteiger partial charge in [0.1, 0.15) is 5.60 Å². The molecule has 1 amide bonds. The van der Waals surface area contributed by atoms with Gasteiger partial charge in [0.15, 0.2) is 0 Å². The van der Waals surface area contributed by atoms with E-state index in [4.69, 9.17) is 17.3 Å². The third-order valence-electron chi connectivity index (χ3n) is 3.39. The van der Waals surface area contributed by atoms with E-state index in [0.29, 0.717) is 17.9 Å². The molecule has 0 heterocycles. The number of hydrogen-bond donors (Lipinski definition) is 2. The standard InChI is InChI=1S/C15H16ClNO2/c16-13-5-1-3-11(9-13)6-8-15(19)7-2-4-12(10-15)14(17)18/h1,3,5,9,12,19H,2,4,7,10H2,(H2,17,18)/t12-,15+/m1/s1. The highest BCUT2D eigenvalue weighted by Gasteiger charge is 2.35. The lowest BCUT2D eigenvalue weighted by Crippen LogP contribution is -2.38. The van der Waals surface area contributed by atoms with E-state index >= 15 is 0 Å². The Hall–Kier alpha value is -1.50. The minimum atomic E-state index is -1.12. The van der Waals surface area contributed by atoms with Crippen LogP contribution in [-0.2, 0) is 4.79 Å². The Bertz CT molecular complexity index is 547. The van der Waals surface area contributed by atoms with Gasteiger partial charge in [0.05, 0.1) is 0 Å². The zero-order chi connectivity index (χ0) is 13.9. The van der Waals surface area contributed by atoms with Gasteiger partial charge in [-0.3, -0.25) is 4.79 Å². The molecule has 1 aromatic rings. The Morgan fingerprint density at radius 1 is 1.53 bits per heavy atom. The number of nitrogens with two attached hydrogens (primary N) is 1. The monoisotopic (exact) mass is 277 g/mol. The smallest absolute Gasteiger partial charge is 0.220 e. The normalized spacial score (nSPS) is 26.3. The highest BCUT2D eigenvalue weighted by molar-refractivity contribution is 6.30. The molecule has 3 nitrogen and oxygen atoms in total. The summed E-state index contributed by atoms with van der Waals surface area (Å²) in [6.07, 6.45) is 2.38.